The summed E-state index contributed by atoms with van der Waals surface area (Å²) < 4.78 is 43.1. The molecule has 0 unspecified atom stereocenters. The predicted octanol–water partition coefficient (Wildman–Crippen LogP) is 3.75. The van der Waals surface area contributed by atoms with Gasteiger partial charge >= 0.3 is 6.18 Å². The van der Waals surface area contributed by atoms with Gasteiger partial charge in [0.15, 0.2) is 11.5 Å². The van der Waals surface area contributed by atoms with E-state index in [9.17, 15) is 27.6 Å². The van der Waals surface area contributed by atoms with Gasteiger partial charge < -0.3 is 25.0 Å². The average molecular weight is 631 g/mol. The quantitative estimate of drug-likeness (QED) is 0.401. The molecular formula is C29H30ClF3N8O3. The van der Waals surface area contributed by atoms with Crippen LogP contribution < -0.4 is 10.6 Å². The molecule has 2 saturated heterocycles. The number of alkyl halides is 3. The standard InChI is InChI=1S/C29H30ClF3N8O3/c1-3-10-41-17-21(24(37-41)29(31,32)33)23-16-35-25(38(23)2)26(42)36-19-4-5-20(22(30)15-19)28(44)40-13-11-39(12-14-40)27(43)18-6-8-34-9-7-18/h4-5,10,15-18,34H,1,6-9,11-14H2,2H3,(H,36,42). The molecular weight excluding hydrogens is 601 g/mol. The lowest BCUT2D eigenvalue weighted by molar-refractivity contribution is -0.141. The Labute approximate surface area is 256 Å². The zero-order valence-corrected chi connectivity index (χ0v) is 24.6. The number of rotatable bonds is 6. The van der Waals surface area contributed by atoms with Crippen LogP contribution in [0.15, 0.2) is 42.9 Å². The van der Waals surface area contributed by atoms with E-state index in [-0.39, 0.29) is 51.1 Å². The Morgan fingerprint density at radius 3 is 2.45 bits per heavy atom. The van der Waals surface area contributed by atoms with Gasteiger partial charge in [-0.15, -0.1) is 5.73 Å². The monoisotopic (exact) mass is 630 g/mol. The van der Waals surface area contributed by atoms with Gasteiger partial charge in [0.2, 0.25) is 5.91 Å². The van der Waals surface area contributed by atoms with Gasteiger partial charge in [-0.25, -0.2) is 9.67 Å². The Bertz CT molecular complexity index is 1630. The van der Waals surface area contributed by atoms with Crippen molar-refractivity contribution in [2.75, 3.05) is 44.6 Å². The molecule has 3 aromatic rings. The van der Waals surface area contributed by atoms with Crippen LogP contribution >= 0.6 is 11.6 Å². The van der Waals surface area contributed by atoms with Crippen molar-refractivity contribution >= 4 is 41.2 Å². The summed E-state index contributed by atoms with van der Waals surface area (Å²) in [5.74, 6) is -0.993. The van der Waals surface area contributed by atoms with Gasteiger partial charge in [-0.05, 0) is 44.1 Å². The van der Waals surface area contributed by atoms with Gasteiger partial charge in [0, 0.05) is 51.0 Å². The smallest absolute Gasteiger partial charge is 0.339 e. The normalized spacial score (nSPS) is 16.0. The minimum atomic E-state index is -4.75. The Balaban J connectivity index is 1.24. The SMILES string of the molecule is C=C=Cn1cc(-c2cnc(C(=O)Nc3ccc(C(=O)N4CCN(C(=O)C5CCNCC5)CC4)c(Cl)c3)n2C)c(C(F)(F)F)n1. The topological polar surface area (TPSA) is 117 Å². The molecule has 11 nitrogen and oxygen atoms in total. The molecule has 2 N–H and O–H groups in total. The van der Waals surface area contributed by atoms with Crippen LogP contribution in [0.2, 0.25) is 5.02 Å². The lowest BCUT2D eigenvalue weighted by Crippen LogP contribution is -2.52. The number of piperidine rings is 1. The number of benzene rings is 1. The van der Waals surface area contributed by atoms with Crippen molar-refractivity contribution in [3.05, 3.63) is 65.0 Å². The molecule has 1 aromatic carbocycles. The van der Waals surface area contributed by atoms with Crippen LogP contribution in [0.1, 0.15) is 39.5 Å². The largest absolute Gasteiger partial charge is 0.435 e. The molecule has 2 fully saturated rings. The van der Waals surface area contributed by atoms with Crippen LogP contribution in [-0.4, -0.2) is 86.1 Å². The third-order valence-corrected chi connectivity index (χ3v) is 8.03. The van der Waals surface area contributed by atoms with Crippen LogP contribution in [0.4, 0.5) is 18.9 Å². The number of carbonyl (C=O) groups is 3. The first-order chi connectivity index (χ1) is 21.0. The van der Waals surface area contributed by atoms with Crippen molar-refractivity contribution in [3.63, 3.8) is 0 Å². The maximum Gasteiger partial charge on any atom is 0.435 e. The summed E-state index contributed by atoms with van der Waals surface area (Å²) in [7, 11) is 1.41. The fraction of sp³-hybridized carbons (Fsp3) is 0.379. The molecule has 2 aliphatic heterocycles. The summed E-state index contributed by atoms with van der Waals surface area (Å²) >= 11 is 6.44. The minimum Gasteiger partial charge on any atom is -0.339 e. The van der Waals surface area contributed by atoms with Crippen LogP contribution in [0, 0.1) is 5.92 Å². The lowest BCUT2D eigenvalue weighted by Gasteiger charge is -2.37. The second-order valence-electron chi connectivity index (χ2n) is 10.5. The Morgan fingerprint density at radius 2 is 1.82 bits per heavy atom. The van der Waals surface area contributed by atoms with E-state index in [1.54, 1.807) is 4.90 Å². The highest BCUT2D eigenvalue weighted by atomic mass is 35.5. The summed E-state index contributed by atoms with van der Waals surface area (Å²) in [5.41, 5.74) is 1.46. The number of hydrogen-bond donors (Lipinski definition) is 2. The van der Waals surface area contributed by atoms with Crippen LogP contribution in [0.25, 0.3) is 17.5 Å². The molecule has 232 valence electrons. The van der Waals surface area contributed by atoms with Gasteiger partial charge in [-0.1, -0.05) is 18.2 Å². The van der Waals surface area contributed by atoms with E-state index < -0.39 is 17.8 Å². The molecule has 2 aliphatic rings. The molecule has 5 rings (SSSR count). The summed E-state index contributed by atoms with van der Waals surface area (Å²) in [6, 6.07) is 4.42. The molecule has 3 amide bonds. The molecule has 0 radical (unpaired) electrons. The molecule has 4 heterocycles. The Morgan fingerprint density at radius 1 is 1.14 bits per heavy atom. The van der Waals surface area contributed by atoms with Crippen molar-refractivity contribution in [3.8, 4) is 11.3 Å². The van der Waals surface area contributed by atoms with E-state index in [0.717, 1.165) is 49.2 Å². The summed E-state index contributed by atoms with van der Waals surface area (Å²) in [6.07, 6.45) is 0.305. The Kier molecular flexibility index (Phi) is 8.95. The number of nitrogens with zero attached hydrogens (tertiary/aromatic N) is 6. The van der Waals surface area contributed by atoms with E-state index in [4.69, 9.17) is 11.6 Å². The second-order valence-corrected chi connectivity index (χ2v) is 10.9. The lowest BCUT2D eigenvalue weighted by atomic mass is 9.96. The van der Waals surface area contributed by atoms with Crippen LogP contribution in [0.3, 0.4) is 0 Å². The number of anilines is 1. The van der Waals surface area contributed by atoms with Crippen molar-refractivity contribution in [1.82, 2.24) is 34.4 Å². The van der Waals surface area contributed by atoms with Gasteiger partial charge in [0.25, 0.3) is 11.8 Å². The highest BCUT2D eigenvalue weighted by Gasteiger charge is 2.38. The van der Waals surface area contributed by atoms with Crippen LogP contribution in [-0.2, 0) is 18.0 Å². The molecule has 0 spiro atoms. The predicted molar refractivity (Wildman–Crippen MR) is 157 cm³/mol. The van der Waals surface area contributed by atoms with Gasteiger partial charge in [0.1, 0.15) is 0 Å². The second kappa shape index (κ2) is 12.7. The number of carbonyl (C=O) groups excluding carboxylic acids is 3. The van der Waals surface area contributed by atoms with Gasteiger partial charge in [-0.2, -0.15) is 18.3 Å². The first kappa shape index (κ1) is 31.0. The number of halogens is 4. The minimum absolute atomic E-state index is 0.0164. The van der Waals surface area contributed by atoms with Crippen molar-refractivity contribution in [2.45, 2.75) is 19.0 Å². The maximum atomic E-state index is 13.6. The third kappa shape index (κ3) is 6.42. The zero-order chi connectivity index (χ0) is 31.6. The number of hydrogen-bond acceptors (Lipinski definition) is 6. The summed E-state index contributed by atoms with van der Waals surface area (Å²) in [6.45, 7) is 6.66. The number of piperazine rings is 1. The van der Waals surface area contributed by atoms with E-state index in [1.807, 2.05) is 4.90 Å². The van der Waals surface area contributed by atoms with E-state index in [2.05, 4.69) is 33.0 Å². The van der Waals surface area contributed by atoms with Crippen LogP contribution in [0.5, 0.6) is 0 Å². The molecule has 0 saturated carbocycles. The zero-order valence-electron chi connectivity index (χ0n) is 23.8. The summed E-state index contributed by atoms with van der Waals surface area (Å²) in [4.78, 5) is 46.6. The fourth-order valence-electron chi connectivity index (χ4n) is 5.40. The average Bonchev–Trinajstić information content (AvgIpc) is 3.60. The highest BCUT2D eigenvalue weighted by Crippen LogP contribution is 2.36. The molecule has 0 aliphatic carbocycles. The van der Waals surface area contributed by atoms with Gasteiger partial charge in [0.05, 0.1) is 34.2 Å². The number of amides is 3. The molecule has 44 heavy (non-hydrogen) atoms. The van der Waals surface area contributed by atoms with E-state index in [1.165, 1.54) is 29.8 Å². The van der Waals surface area contributed by atoms with Crippen molar-refractivity contribution < 1.29 is 27.6 Å². The first-order valence-corrected chi connectivity index (χ1v) is 14.3. The fourth-order valence-corrected chi connectivity index (χ4v) is 5.66. The van der Waals surface area contributed by atoms with E-state index in [0.29, 0.717) is 26.2 Å². The number of imidazole rings is 1. The number of nitrogens with one attached hydrogen (secondary N) is 2. The number of aromatic nitrogens is 4. The first-order valence-electron chi connectivity index (χ1n) is 13.9. The molecule has 2 aromatic heterocycles. The molecule has 0 atom stereocenters. The van der Waals surface area contributed by atoms with Crippen molar-refractivity contribution in [2.24, 2.45) is 13.0 Å². The highest BCUT2D eigenvalue weighted by molar-refractivity contribution is 6.34. The molecule has 0 bridgehead atoms. The summed E-state index contributed by atoms with van der Waals surface area (Å²) in [5, 5.41) is 9.52. The maximum absolute atomic E-state index is 13.6. The Hall–Kier alpha value is -4.39. The third-order valence-electron chi connectivity index (χ3n) is 7.72. The molecule has 15 heteroatoms. The van der Waals surface area contributed by atoms with E-state index >= 15 is 0 Å². The van der Waals surface area contributed by atoms with Gasteiger partial charge in [-0.3, -0.25) is 14.4 Å². The van der Waals surface area contributed by atoms with Crippen molar-refractivity contribution in [1.29, 1.82) is 0 Å².